The van der Waals surface area contributed by atoms with Crippen LogP contribution in [0.1, 0.15) is 116 Å². The smallest absolute Gasteiger partial charge is 0.223 e. The number of hydrogen-bond acceptors (Lipinski definition) is 4. The zero-order valence-electron chi connectivity index (χ0n) is 21.8. The highest BCUT2D eigenvalue weighted by molar-refractivity contribution is 5.79. The summed E-state index contributed by atoms with van der Waals surface area (Å²) in [6.45, 7) is 3.72. The number of amides is 1. The molecule has 0 saturated heterocycles. The standard InChI is InChI=1S/C29H53N3O2/c30-14-11-16-31-15-9-5-3-1-2-4-7-12-27(33)13-8-6-10-17-32-29(34)28-25-19-23-18-24(21-25)22-26(28)20-23/h23-26,28,31H,1-22,30H2,(H,32,34). The molecule has 4 aliphatic rings. The summed E-state index contributed by atoms with van der Waals surface area (Å²) in [6.07, 6.45) is 20.9. The van der Waals surface area contributed by atoms with E-state index < -0.39 is 0 Å². The summed E-state index contributed by atoms with van der Waals surface area (Å²) in [6, 6.07) is 0. The summed E-state index contributed by atoms with van der Waals surface area (Å²) in [4.78, 5) is 24.9. The van der Waals surface area contributed by atoms with Gasteiger partial charge < -0.3 is 16.4 Å². The van der Waals surface area contributed by atoms with Crippen LogP contribution in [0.25, 0.3) is 0 Å². The largest absolute Gasteiger partial charge is 0.356 e. The van der Waals surface area contributed by atoms with Crippen LogP contribution in [0, 0.1) is 29.6 Å². The zero-order valence-corrected chi connectivity index (χ0v) is 21.8. The molecule has 4 N–H and O–H groups in total. The molecule has 0 atom stereocenters. The molecule has 0 aliphatic heterocycles. The molecule has 0 radical (unpaired) electrons. The van der Waals surface area contributed by atoms with Crippen LogP contribution in [0.4, 0.5) is 0 Å². The fourth-order valence-corrected chi connectivity index (χ4v) is 7.24. The van der Waals surface area contributed by atoms with Gasteiger partial charge in [0.2, 0.25) is 5.91 Å². The maximum absolute atomic E-state index is 12.8. The Bertz CT molecular complexity index is 566. The molecule has 0 spiro atoms. The summed E-state index contributed by atoms with van der Waals surface area (Å²) in [5, 5.41) is 6.67. The Morgan fingerprint density at radius 1 is 0.618 bits per heavy atom. The fourth-order valence-electron chi connectivity index (χ4n) is 7.24. The summed E-state index contributed by atoms with van der Waals surface area (Å²) >= 11 is 0. The van der Waals surface area contributed by atoms with E-state index in [1.165, 1.54) is 70.6 Å². The van der Waals surface area contributed by atoms with E-state index in [1.807, 2.05) is 0 Å². The lowest BCUT2D eigenvalue weighted by Gasteiger charge is -2.53. The quantitative estimate of drug-likeness (QED) is 0.207. The molecule has 4 aliphatic carbocycles. The summed E-state index contributed by atoms with van der Waals surface area (Å²) in [7, 11) is 0. The maximum atomic E-state index is 12.8. The summed E-state index contributed by atoms with van der Waals surface area (Å²) < 4.78 is 0. The molecule has 4 saturated carbocycles. The number of hydrogen-bond donors (Lipinski definition) is 3. The van der Waals surface area contributed by atoms with Gasteiger partial charge in [-0.3, -0.25) is 9.59 Å². The molecule has 0 unspecified atom stereocenters. The van der Waals surface area contributed by atoms with Crippen molar-refractivity contribution in [1.29, 1.82) is 0 Å². The topological polar surface area (TPSA) is 84.2 Å². The molecule has 0 aromatic rings. The summed E-state index contributed by atoms with van der Waals surface area (Å²) in [5.74, 6) is 4.26. The maximum Gasteiger partial charge on any atom is 0.223 e. The van der Waals surface area contributed by atoms with Crippen molar-refractivity contribution in [3.63, 3.8) is 0 Å². The predicted octanol–water partition coefficient (Wildman–Crippen LogP) is 5.36. The number of Topliss-reactive ketones (excluding diaryl/α,β-unsaturated/α-hetero) is 1. The molecular formula is C29H53N3O2. The van der Waals surface area contributed by atoms with Gasteiger partial charge in [-0.2, -0.15) is 0 Å². The van der Waals surface area contributed by atoms with Gasteiger partial charge in [-0.15, -0.1) is 0 Å². The third-order valence-electron chi connectivity index (χ3n) is 8.83. The Labute approximate surface area is 209 Å². The van der Waals surface area contributed by atoms with Crippen LogP contribution < -0.4 is 16.4 Å². The third-order valence-corrected chi connectivity index (χ3v) is 8.83. The van der Waals surface area contributed by atoms with E-state index in [-0.39, 0.29) is 0 Å². The molecule has 4 fully saturated rings. The van der Waals surface area contributed by atoms with Crippen molar-refractivity contribution in [3.05, 3.63) is 0 Å². The first-order valence-electron chi connectivity index (χ1n) is 14.9. The first-order chi connectivity index (χ1) is 16.7. The molecular weight excluding hydrogens is 422 g/mol. The van der Waals surface area contributed by atoms with E-state index in [4.69, 9.17) is 5.73 Å². The molecule has 5 heteroatoms. The van der Waals surface area contributed by atoms with Crippen molar-refractivity contribution in [2.45, 2.75) is 116 Å². The second-order valence-electron chi connectivity index (χ2n) is 11.7. The molecule has 0 heterocycles. The van der Waals surface area contributed by atoms with E-state index >= 15 is 0 Å². The van der Waals surface area contributed by atoms with E-state index in [1.54, 1.807) is 0 Å². The Morgan fingerprint density at radius 2 is 1.12 bits per heavy atom. The average Bonchev–Trinajstić information content (AvgIpc) is 2.81. The normalized spacial score (nSPS) is 27.3. The van der Waals surface area contributed by atoms with Crippen molar-refractivity contribution in [2.24, 2.45) is 35.3 Å². The number of nitrogens with two attached hydrogens (primary N) is 1. The van der Waals surface area contributed by atoms with Gasteiger partial charge in [0, 0.05) is 25.3 Å². The predicted molar refractivity (Wildman–Crippen MR) is 140 cm³/mol. The Morgan fingerprint density at radius 3 is 1.74 bits per heavy atom. The number of ketones is 1. The van der Waals surface area contributed by atoms with Crippen molar-refractivity contribution < 1.29 is 9.59 Å². The summed E-state index contributed by atoms with van der Waals surface area (Å²) in [5.41, 5.74) is 5.48. The van der Waals surface area contributed by atoms with Crippen LogP contribution in [0.5, 0.6) is 0 Å². The lowest BCUT2D eigenvalue weighted by molar-refractivity contribution is -0.138. The fraction of sp³-hybridized carbons (Fsp3) is 0.931. The minimum Gasteiger partial charge on any atom is -0.356 e. The second kappa shape index (κ2) is 15.9. The van der Waals surface area contributed by atoms with Gasteiger partial charge in [0.15, 0.2) is 0 Å². The van der Waals surface area contributed by atoms with Gasteiger partial charge in [-0.1, -0.05) is 38.5 Å². The highest BCUT2D eigenvalue weighted by Crippen LogP contribution is 2.56. The highest BCUT2D eigenvalue weighted by atomic mass is 16.2. The molecule has 196 valence electrons. The van der Waals surface area contributed by atoms with Crippen LogP contribution in [0.3, 0.4) is 0 Å². The average molecular weight is 476 g/mol. The van der Waals surface area contributed by atoms with Crippen LogP contribution in [-0.4, -0.2) is 37.9 Å². The van der Waals surface area contributed by atoms with E-state index in [0.29, 0.717) is 29.4 Å². The molecule has 4 bridgehead atoms. The van der Waals surface area contributed by atoms with Gasteiger partial charge in [0.1, 0.15) is 5.78 Å². The van der Waals surface area contributed by atoms with Gasteiger partial charge in [0.05, 0.1) is 0 Å². The first-order valence-corrected chi connectivity index (χ1v) is 14.9. The minimum atomic E-state index is 0.304. The van der Waals surface area contributed by atoms with Crippen molar-refractivity contribution >= 4 is 11.7 Å². The minimum absolute atomic E-state index is 0.304. The number of carbonyl (C=O) groups is 2. The van der Waals surface area contributed by atoms with Crippen molar-refractivity contribution in [1.82, 2.24) is 10.6 Å². The van der Waals surface area contributed by atoms with E-state index in [9.17, 15) is 9.59 Å². The number of unbranched alkanes of at least 4 members (excludes halogenated alkanes) is 8. The Balaban J connectivity index is 1.07. The SMILES string of the molecule is NCCCNCCCCCCCCCC(=O)CCCCCNC(=O)C1C2CC3CC(C2)CC1C3. The van der Waals surface area contributed by atoms with E-state index in [0.717, 1.165) is 83.0 Å². The first kappa shape index (κ1) is 27.6. The molecule has 4 rings (SSSR count). The molecule has 0 aromatic heterocycles. The van der Waals surface area contributed by atoms with Crippen molar-refractivity contribution in [2.75, 3.05) is 26.2 Å². The van der Waals surface area contributed by atoms with Gasteiger partial charge >= 0.3 is 0 Å². The lowest BCUT2D eigenvalue weighted by Crippen LogP contribution is -2.51. The number of nitrogens with one attached hydrogen (secondary N) is 2. The van der Waals surface area contributed by atoms with Gasteiger partial charge in [0.25, 0.3) is 0 Å². The lowest BCUT2D eigenvalue weighted by atomic mass is 9.51. The van der Waals surface area contributed by atoms with Crippen LogP contribution >= 0.6 is 0 Å². The highest BCUT2D eigenvalue weighted by Gasteiger charge is 2.50. The Hall–Kier alpha value is -0.940. The number of rotatable bonds is 20. The monoisotopic (exact) mass is 475 g/mol. The van der Waals surface area contributed by atoms with E-state index in [2.05, 4.69) is 10.6 Å². The molecule has 34 heavy (non-hydrogen) atoms. The third kappa shape index (κ3) is 9.60. The molecule has 0 aromatic carbocycles. The van der Waals surface area contributed by atoms with Crippen molar-refractivity contribution in [3.8, 4) is 0 Å². The number of carbonyl (C=O) groups excluding carboxylic acids is 2. The second-order valence-corrected chi connectivity index (χ2v) is 11.7. The van der Waals surface area contributed by atoms with Crippen LogP contribution in [0.2, 0.25) is 0 Å². The van der Waals surface area contributed by atoms with Crippen LogP contribution in [-0.2, 0) is 9.59 Å². The molecule has 1 amide bonds. The zero-order chi connectivity index (χ0) is 24.0. The Kier molecular flexibility index (Phi) is 13.0. The van der Waals surface area contributed by atoms with Gasteiger partial charge in [-0.05, 0) is 108 Å². The van der Waals surface area contributed by atoms with Gasteiger partial charge in [-0.25, -0.2) is 0 Å². The molecule has 5 nitrogen and oxygen atoms in total. The van der Waals surface area contributed by atoms with Crippen LogP contribution in [0.15, 0.2) is 0 Å².